The summed E-state index contributed by atoms with van der Waals surface area (Å²) < 4.78 is 0. The SMILES string of the molecule is CC(=O)ON=C(Cc1ccccc1[N+](=O)[O-])c1ccccc1. The van der Waals surface area contributed by atoms with Crippen molar-refractivity contribution in [1.29, 1.82) is 0 Å². The molecule has 0 radical (unpaired) electrons. The molecule has 22 heavy (non-hydrogen) atoms. The molecule has 0 amide bonds. The molecule has 6 nitrogen and oxygen atoms in total. The van der Waals surface area contributed by atoms with E-state index in [2.05, 4.69) is 5.16 Å². The number of rotatable bonds is 5. The van der Waals surface area contributed by atoms with Crippen LogP contribution in [-0.2, 0) is 16.1 Å². The molecule has 2 aromatic carbocycles. The third-order valence-corrected chi connectivity index (χ3v) is 2.94. The molecule has 6 heteroatoms. The molecule has 0 saturated heterocycles. The lowest BCUT2D eigenvalue weighted by atomic mass is 10.0. The van der Waals surface area contributed by atoms with E-state index < -0.39 is 10.9 Å². The maximum Gasteiger partial charge on any atom is 0.331 e. The van der Waals surface area contributed by atoms with Crippen LogP contribution in [0.2, 0.25) is 0 Å². The summed E-state index contributed by atoms with van der Waals surface area (Å²) in [4.78, 5) is 26.3. The van der Waals surface area contributed by atoms with E-state index >= 15 is 0 Å². The first-order chi connectivity index (χ1) is 10.6. The Morgan fingerprint density at radius 1 is 1.14 bits per heavy atom. The maximum absolute atomic E-state index is 11.1. The molecule has 0 N–H and O–H groups in total. The molecule has 0 atom stereocenters. The number of carbonyl (C=O) groups is 1. The van der Waals surface area contributed by atoms with Gasteiger partial charge in [-0.15, -0.1) is 0 Å². The molecule has 2 rings (SSSR count). The minimum Gasteiger partial charge on any atom is -0.318 e. The van der Waals surface area contributed by atoms with Gasteiger partial charge in [0.05, 0.1) is 10.6 Å². The molecule has 0 fully saturated rings. The fourth-order valence-electron chi connectivity index (χ4n) is 1.96. The van der Waals surface area contributed by atoms with Gasteiger partial charge < -0.3 is 4.84 Å². The predicted molar refractivity (Wildman–Crippen MR) is 81.5 cm³/mol. The Labute approximate surface area is 127 Å². The van der Waals surface area contributed by atoms with Crippen molar-refractivity contribution in [1.82, 2.24) is 0 Å². The van der Waals surface area contributed by atoms with E-state index in [-0.39, 0.29) is 12.1 Å². The van der Waals surface area contributed by atoms with Gasteiger partial charge in [-0.05, 0) is 5.56 Å². The molecule has 0 aliphatic heterocycles. The molecule has 0 spiro atoms. The minimum atomic E-state index is -0.545. The van der Waals surface area contributed by atoms with Crippen LogP contribution in [0.5, 0.6) is 0 Å². The summed E-state index contributed by atoms with van der Waals surface area (Å²) in [6.07, 6.45) is 0.189. The fraction of sp³-hybridized carbons (Fsp3) is 0.125. The number of benzene rings is 2. The molecule has 0 aliphatic carbocycles. The maximum atomic E-state index is 11.1. The molecule has 0 aromatic heterocycles. The number of nitrogens with zero attached hydrogens (tertiary/aromatic N) is 2. The lowest BCUT2D eigenvalue weighted by molar-refractivity contribution is -0.385. The van der Waals surface area contributed by atoms with Gasteiger partial charge in [0.2, 0.25) is 0 Å². The second-order valence-electron chi connectivity index (χ2n) is 4.55. The Balaban J connectivity index is 2.37. The van der Waals surface area contributed by atoms with E-state index in [4.69, 9.17) is 4.84 Å². The first-order valence-electron chi connectivity index (χ1n) is 6.60. The smallest absolute Gasteiger partial charge is 0.318 e. The lowest BCUT2D eigenvalue weighted by Crippen LogP contribution is -2.09. The second kappa shape index (κ2) is 7.12. The zero-order chi connectivity index (χ0) is 15.9. The molecule has 0 saturated carbocycles. The van der Waals surface area contributed by atoms with Crippen LogP contribution in [-0.4, -0.2) is 16.6 Å². The highest BCUT2D eigenvalue weighted by atomic mass is 16.7. The molecular formula is C16H14N2O4. The molecule has 0 bridgehead atoms. The first-order valence-corrected chi connectivity index (χ1v) is 6.60. The van der Waals surface area contributed by atoms with E-state index in [0.717, 1.165) is 5.56 Å². The molecule has 0 heterocycles. The van der Waals surface area contributed by atoms with Gasteiger partial charge in [-0.25, -0.2) is 4.79 Å². The zero-order valence-electron chi connectivity index (χ0n) is 11.9. The van der Waals surface area contributed by atoms with Gasteiger partial charge in [-0.1, -0.05) is 53.7 Å². The van der Waals surface area contributed by atoms with Gasteiger partial charge in [-0.3, -0.25) is 10.1 Å². The summed E-state index contributed by atoms with van der Waals surface area (Å²) in [5.74, 6) is -0.545. The van der Waals surface area contributed by atoms with Gasteiger partial charge in [0.25, 0.3) is 5.69 Å². The molecule has 0 unspecified atom stereocenters. The van der Waals surface area contributed by atoms with Crippen molar-refractivity contribution in [3.8, 4) is 0 Å². The van der Waals surface area contributed by atoms with Gasteiger partial charge in [0, 0.05) is 25.0 Å². The Kier molecular flexibility index (Phi) is 4.98. The lowest BCUT2D eigenvalue weighted by Gasteiger charge is -2.07. The van der Waals surface area contributed by atoms with E-state index in [9.17, 15) is 14.9 Å². The van der Waals surface area contributed by atoms with E-state index in [1.807, 2.05) is 18.2 Å². The summed E-state index contributed by atoms with van der Waals surface area (Å²) in [6, 6.07) is 15.5. The number of hydrogen-bond donors (Lipinski definition) is 0. The normalized spacial score (nSPS) is 11.0. The van der Waals surface area contributed by atoms with Crippen LogP contribution >= 0.6 is 0 Å². The highest BCUT2D eigenvalue weighted by Crippen LogP contribution is 2.20. The molecular weight excluding hydrogens is 284 g/mol. The quantitative estimate of drug-likeness (QED) is 0.367. The fourth-order valence-corrected chi connectivity index (χ4v) is 1.96. The number of nitro groups is 1. The average molecular weight is 298 g/mol. The summed E-state index contributed by atoms with van der Waals surface area (Å²) >= 11 is 0. The van der Waals surface area contributed by atoms with Crippen LogP contribution in [0.3, 0.4) is 0 Å². The van der Waals surface area contributed by atoms with Crippen LogP contribution in [0.15, 0.2) is 59.8 Å². The Hall–Kier alpha value is -3.02. The van der Waals surface area contributed by atoms with Crippen molar-refractivity contribution in [2.45, 2.75) is 13.3 Å². The van der Waals surface area contributed by atoms with E-state index in [1.165, 1.54) is 13.0 Å². The molecule has 2 aromatic rings. The average Bonchev–Trinajstić information content (AvgIpc) is 2.52. The third kappa shape index (κ3) is 3.99. The van der Waals surface area contributed by atoms with Gasteiger partial charge in [-0.2, -0.15) is 0 Å². The second-order valence-corrected chi connectivity index (χ2v) is 4.55. The largest absolute Gasteiger partial charge is 0.331 e. The summed E-state index contributed by atoms with van der Waals surface area (Å²) in [5, 5.41) is 14.9. The van der Waals surface area contributed by atoms with Crippen LogP contribution in [0, 0.1) is 10.1 Å². The number of para-hydroxylation sites is 1. The number of oxime groups is 1. The summed E-state index contributed by atoms with van der Waals surface area (Å²) in [5.41, 5.74) is 1.70. The van der Waals surface area contributed by atoms with Crippen molar-refractivity contribution in [2.24, 2.45) is 5.16 Å². The molecule has 0 aliphatic rings. The number of carbonyl (C=O) groups excluding carboxylic acids is 1. The Morgan fingerprint density at radius 3 is 2.41 bits per heavy atom. The van der Waals surface area contributed by atoms with Gasteiger partial charge >= 0.3 is 5.97 Å². The van der Waals surface area contributed by atoms with Crippen molar-refractivity contribution < 1.29 is 14.6 Å². The number of nitro benzene ring substituents is 1. The summed E-state index contributed by atoms with van der Waals surface area (Å²) in [7, 11) is 0. The monoisotopic (exact) mass is 298 g/mol. The summed E-state index contributed by atoms with van der Waals surface area (Å²) in [6.45, 7) is 1.25. The van der Waals surface area contributed by atoms with Crippen molar-refractivity contribution in [3.05, 3.63) is 75.8 Å². The van der Waals surface area contributed by atoms with E-state index in [1.54, 1.807) is 30.3 Å². The van der Waals surface area contributed by atoms with Crippen LogP contribution in [0.4, 0.5) is 5.69 Å². The Bertz CT molecular complexity index is 711. The van der Waals surface area contributed by atoms with Crippen molar-refractivity contribution >= 4 is 17.4 Å². The van der Waals surface area contributed by atoms with Crippen LogP contribution in [0.1, 0.15) is 18.1 Å². The minimum absolute atomic E-state index is 0.00829. The van der Waals surface area contributed by atoms with Gasteiger partial charge in [0.1, 0.15) is 0 Å². The van der Waals surface area contributed by atoms with Crippen LogP contribution in [0.25, 0.3) is 0 Å². The first kappa shape index (κ1) is 15.4. The third-order valence-electron chi connectivity index (χ3n) is 2.94. The van der Waals surface area contributed by atoms with Crippen molar-refractivity contribution in [3.63, 3.8) is 0 Å². The highest BCUT2D eigenvalue weighted by molar-refractivity contribution is 6.02. The van der Waals surface area contributed by atoms with Crippen LogP contribution < -0.4 is 0 Å². The standard InChI is InChI=1S/C16H14N2O4/c1-12(19)22-17-15(13-7-3-2-4-8-13)11-14-9-5-6-10-16(14)18(20)21/h2-10H,11H2,1H3. The zero-order valence-corrected chi connectivity index (χ0v) is 11.9. The topological polar surface area (TPSA) is 81.8 Å². The number of hydrogen-bond acceptors (Lipinski definition) is 5. The van der Waals surface area contributed by atoms with Gasteiger partial charge in [0.15, 0.2) is 0 Å². The van der Waals surface area contributed by atoms with Crippen molar-refractivity contribution in [2.75, 3.05) is 0 Å². The molecule has 112 valence electrons. The predicted octanol–water partition coefficient (Wildman–Crippen LogP) is 3.10. The van der Waals surface area contributed by atoms with E-state index in [0.29, 0.717) is 11.3 Å². The highest BCUT2D eigenvalue weighted by Gasteiger charge is 2.16. The Morgan fingerprint density at radius 2 is 1.77 bits per heavy atom.